The summed E-state index contributed by atoms with van der Waals surface area (Å²) < 4.78 is 5.82. The van der Waals surface area contributed by atoms with Gasteiger partial charge in [0.25, 0.3) is 0 Å². The molecule has 4 heteroatoms. The van der Waals surface area contributed by atoms with Gasteiger partial charge in [0.1, 0.15) is 6.10 Å². The Bertz CT molecular complexity index is 435. The van der Waals surface area contributed by atoms with Gasteiger partial charge in [0.15, 0.2) is 0 Å². The fraction of sp³-hybridized carbons (Fsp3) is 0.667. The van der Waals surface area contributed by atoms with Crippen molar-refractivity contribution in [2.24, 2.45) is 0 Å². The summed E-state index contributed by atoms with van der Waals surface area (Å²) in [7, 11) is 0. The first kappa shape index (κ1) is 13.1. The van der Waals surface area contributed by atoms with Crippen molar-refractivity contribution in [3.8, 4) is 0 Å². The molecule has 3 rings (SSSR count). The number of amides is 1. The quantitative estimate of drug-likeness (QED) is 0.832. The molecule has 1 unspecified atom stereocenters. The van der Waals surface area contributed by atoms with Gasteiger partial charge in [0.2, 0.25) is 5.91 Å². The SMILES string of the molecule is O=C(CC1OCCc2ccsc21)N1CCCCCC1. The van der Waals surface area contributed by atoms with E-state index >= 15 is 0 Å². The summed E-state index contributed by atoms with van der Waals surface area (Å²) in [5, 5.41) is 2.11. The molecule has 104 valence electrons. The van der Waals surface area contributed by atoms with Crippen LogP contribution in [0.5, 0.6) is 0 Å². The molecule has 0 aromatic carbocycles. The highest BCUT2D eigenvalue weighted by molar-refractivity contribution is 7.10. The van der Waals surface area contributed by atoms with E-state index < -0.39 is 0 Å². The normalized spacial score (nSPS) is 23.8. The number of hydrogen-bond donors (Lipinski definition) is 0. The van der Waals surface area contributed by atoms with Crippen molar-refractivity contribution >= 4 is 17.2 Å². The highest BCUT2D eigenvalue weighted by Gasteiger charge is 2.26. The van der Waals surface area contributed by atoms with Crippen molar-refractivity contribution < 1.29 is 9.53 Å². The van der Waals surface area contributed by atoms with Crippen molar-refractivity contribution in [1.82, 2.24) is 4.90 Å². The van der Waals surface area contributed by atoms with Crippen LogP contribution in [0.3, 0.4) is 0 Å². The third kappa shape index (κ3) is 3.00. The molecule has 0 aliphatic carbocycles. The summed E-state index contributed by atoms with van der Waals surface area (Å²) in [6.07, 6.45) is 6.35. The molecule has 1 amide bonds. The van der Waals surface area contributed by atoms with Crippen molar-refractivity contribution in [3.05, 3.63) is 21.9 Å². The van der Waals surface area contributed by atoms with Gasteiger partial charge in [-0.2, -0.15) is 0 Å². The zero-order valence-electron chi connectivity index (χ0n) is 11.3. The average Bonchev–Trinajstić information content (AvgIpc) is 2.73. The second-order valence-corrected chi connectivity index (χ2v) is 6.37. The minimum atomic E-state index is -0.000460. The Morgan fingerprint density at radius 3 is 2.89 bits per heavy atom. The van der Waals surface area contributed by atoms with Crippen LogP contribution < -0.4 is 0 Å². The molecule has 0 bridgehead atoms. The first-order chi connectivity index (χ1) is 9.34. The maximum Gasteiger partial charge on any atom is 0.225 e. The number of rotatable bonds is 2. The Morgan fingerprint density at radius 2 is 2.11 bits per heavy atom. The molecule has 0 spiro atoms. The second-order valence-electron chi connectivity index (χ2n) is 5.42. The monoisotopic (exact) mass is 279 g/mol. The van der Waals surface area contributed by atoms with Crippen LogP contribution in [0.25, 0.3) is 0 Å². The zero-order valence-corrected chi connectivity index (χ0v) is 12.1. The average molecular weight is 279 g/mol. The van der Waals surface area contributed by atoms with Gasteiger partial charge in [0.05, 0.1) is 13.0 Å². The lowest BCUT2D eigenvalue weighted by Crippen LogP contribution is -2.33. The molecule has 2 aliphatic heterocycles. The second kappa shape index (κ2) is 6.06. The molecular formula is C15H21NO2S. The highest BCUT2D eigenvalue weighted by atomic mass is 32.1. The number of carbonyl (C=O) groups is 1. The number of likely N-dealkylation sites (tertiary alicyclic amines) is 1. The van der Waals surface area contributed by atoms with Crippen molar-refractivity contribution in [1.29, 1.82) is 0 Å². The number of fused-ring (bicyclic) bond motifs is 1. The molecule has 1 aromatic heterocycles. The van der Waals surface area contributed by atoms with Crippen LogP contribution in [0.1, 0.15) is 48.6 Å². The molecule has 3 heterocycles. The number of carbonyl (C=O) groups excluding carboxylic acids is 1. The Hall–Kier alpha value is -0.870. The van der Waals surface area contributed by atoms with Crippen molar-refractivity contribution in [3.63, 3.8) is 0 Å². The molecule has 1 atom stereocenters. The van der Waals surface area contributed by atoms with Gasteiger partial charge in [0, 0.05) is 18.0 Å². The van der Waals surface area contributed by atoms with Crippen molar-refractivity contribution in [2.75, 3.05) is 19.7 Å². The van der Waals surface area contributed by atoms with Crippen molar-refractivity contribution in [2.45, 2.75) is 44.6 Å². The summed E-state index contributed by atoms with van der Waals surface area (Å²) in [4.78, 5) is 15.7. The topological polar surface area (TPSA) is 29.5 Å². The van der Waals surface area contributed by atoms with Gasteiger partial charge in [-0.05, 0) is 36.3 Å². The third-order valence-corrected chi connectivity index (χ3v) is 5.13. The number of nitrogens with zero attached hydrogens (tertiary/aromatic N) is 1. The van der Waals surface area contributed by atoms with E-state index in [1.54, 1.807) is 11.3 Å². The molecule has 0 N–H and O–H groups in total. The fourth-order valence-electron chi connectivity index (χ4n) is 2.98. The molecule has 3 nitrogen and oxygen atoms in total. The fourth-order valence-corrected chi connectivity index (χ4v) is 3.99. The minimum Gasteiger partial charge on any atom is -0.372 e. The molecule has 2 aliphatic rings. The standard InChI is InChI=1S/C15H21NO2S/c17-14(16-7-3-1-2-4-8-16)11-13-15-12(5-9-18-13)6-10-19-15/h6,10,13H,1-5,7-9,11H2. The smallest absolute Gasteiger partial charge is 0.225 e. The molecule has 0 radical (unpaired) electrons. The lowest BCUT2D eigenvalue weighted by atomic mass is 10.1. The largest absolute Gasteiger partial charge is 0.372 e. The first-order valence-electron chi connectivity index (χ1n) is 7.30. The van der Waals surface area contributed by atoms with Gasteiger partial charge in [-0.1, -0.05) is 12.8 Å². The highest BCUT2D eigenvalue weighted by Crippen LogP contribution is 2.34. The van der Waals surface area contributed by atoms with E-state index in [4.69, 9.17) is 4.74 Å². The zero-order chi connectivity index (χ0) is 13.1. The number of hydrogen-bond acceptors (Lipinski definition) is 3. The van der Waals surface area contributed by atoms with Gasteiger partial charge < -0.3 is 9.64 Å². The molecular weight excluding hydrogens is 258 g/mol. The number of ether oxygens (including phenoxy) is 1. The maximum atomic E-state index is 12.4. The van der Waals surface area contributed by atoms with E-state index in [1.807, 2.05) is 4.90 Å². The molecule has 1 saturated heterocycles. The summed E-state index contributed by atoms with van der Waals surface area (Å²) in [6.45, 7) is 2.62. The minimum absolute atomic E-state index is 0.000460. The lowest BCUT2D eigenvalue weighted by Gasteiger charge is -2.26. The van der Waals surface area contributed by atoms with Crippen LogP contribution in [0.15, 0.2) is 11.4 Å². The summed E-state index contributed by atoms with van der Waals surface area (Å²) in [5.41, 5.74) is 1.38. The Kier molecular flexibility index (Phi) is 4.18. The Labute approximate surface area is 118 Å². The summed E-state index contributed by atoms with van der Waals surface area (Å²) in [5.74, 6) is 0.271. The first-order valence-corrected chi connectivity index (χ1v) is 8.18. The predicted molar refractivity (Wildman–Crippen MR) is 76.4 cm³/mol. The van der Waals surface area contributed by atoms with Crippen LogP contribution in [0.4, 0.5) is 0 Å². The third-order valence-electron chi connectivity index (χ3n) is 4.08. The molecule has 1 aromatic rings. The van der Waals surface area contributed by atoms with Crippen LogP contribution >= 0.6 is 11.3 Å². The Morgan fingerprint density at radius 1 is 1.32 bits per heavy atom. The summed E-state index contributed by atoms with van der Waals surface area (Å²) in [6, 6.07) is 2.17. The molecule has 0 saturated carbocycles. The predicted octanol–water partition coefficient (Wildman–Crippen LogP) is 3.15. The molecule has 19 heavy (non-hydrogen) atoms. The number of thiophene rings is 1. The van der Waals surface area contributed by atoms with E-state index in [9.17, 15) is 4.79 Å². The van der Waals surface area contributed by atoms with E-state index in [-0.39, 0.29) is 12.0 Å². The van der Waals surface area contributed by atoms with Crippen LogP contribution in [-0.2, 0) is 16.0 Å². The van der Waals surface area contributed by atoms with Gasteiger partial charge in [-0.15, -0.1) is 11.3 Å². The Balaban J connectivity index is 1.64. The van der Waals surface area contributed by atoms with E-state index in [1.165, 1.54) is 23.3 Å². The van der Waals surface area contributed by atoms with Crippen LogP contribution in [-0.4, -0.2) is 30.5 Å². The lowest BCUT2D eigenvalue weighted by molar-refractivity contribution is -0.134. The van der Waals surface area contributed by atoms with Crippen LogP contribution in [0.2, 0.25) is 0 Å². The van der Waals surface area contributed by atoms with Gasteiger partial charge in [-0.25, -0.2) is 0 Å². The van der Waals surface area contributed by atoms with E-state index in [2.05, 4.69) is 11.4 Å². The van der Waals surface area contributed by atoms with Gasteiger partial charge in [-0.3, -0.25) is 4.79 Å². The summed E-state index contributed by atoms with van der Waals surface area (Å²) >= 11 is 1.73. The van der Waals surface area contributed by atoms with E-state index in [0.717, 1.165) is 39.0 Å². The van der Waals surface area contributed by atoms with Gasteiger partial charge >= 0.3 is 0 Å². The van der Waals surface area contributed by atoms with E-state index in [0.29, 0.717) is 6.42 Å². The molecule has 1 fully saturated rings. The maximum absolute atomic E-state index is 12.4. The van der Waals surface area contributed by atoms with Crippen LogP contribution in [0, 0.1) is 0 Å².